The van der Waals surface area contributed by atoms with E-state index in [0.29, 0.717) is 25.8 Å². The van der Waals surface area contributed by atoms with E-state index < -0.39 is 21.9 Å². The zero-order chi connectivity index (χ0) is 21.8. The normalized spacial score (nSPS) is 17.0. The molecular formula is C22H22FN3O3S2. The van der Waals surface area contributed by atoms with Gasteiger partial charge in [0.2, 0.25) is 15.9 Å². The number of thiazole rings is 1. The molecule has 0 radical (unpaired) electrons. The highest BCUT2D eigenvalue weighted by Gasteiger charge is 2.39. The van der Waals surface area contributed by atoms with Crippen LogP contribution >= 0.6 is 11.3 Å². The SMILES string of the molecule is O=C(NCCc1csc(-c2ccccc2)n1)[C@H]1CCCN1S(=O)(=O)c1cccc(F)c1. The standard InChI is InChI=1S/C22H22FN3O3S2/c23-17-8-4-9-19(14-17)31(28,29)26-13-5-10-20(26)21(27)24-12-11-18-15-30-22(25-18)16-6-2-1-3-7-16/h1-4,6-9,14-15,20H,5,10-13H2,(H,24,27)/t20-/m1/s1. The maximum atomic E-state index is 13.5. The van der Waals surface area contributed by atoms with Crippen LogP contribution in [0.15, 0.2) is 64.9 Å². The number of nitrogens with zero attached hydrogens (tertiary/aromatic N) is 2. The van der Waals surface area contributed by atoms with Crippen LogP contribution in [0.1, 0.15) is 18.5 Å². The number of aromatic nitrogens is 1. The Bertz CT molecular complexity index is 1170. The van der Waals surface area contributed by atoms with E-state index in [0.717, 1.165) is 22.3 Å². The third-order valence-electron chi connectivity index (χ3n) is 5.16. The number of carbonyl (C=O) groups is 1. The molecule has 31 heavy (non-hydrogen) atoms. The Labute approximate surface area is 184 Å². The number of sulfonamides is 1. The third kappa shape index (κ3) is 4.84. The lowest BCUT2D eigenvalue weighted by Crippen LogP contribution is -2.46. The first-order valence-electron chi connectivity index (χ1n) is 10.00. The number of hydrogen-bond donors (Lipinski definition) is 1. The highest BCUT2D eigenvalue weighted by Crippen LogP contribution is 2.27. The smallest absolute Gasteiger partial charge is 0.243 e. The van der Waals surface area contributed by atoms with Gasteiger partial charge < -0.3 is 5.32 Å². The van der Waals surface area contributed by atoms with Crippen molar-refractivity contribution < 1.29 is 17.6 Å². The summed E-state index contributed by atoms with van der Waals surface area (Å²) < 4.78 is 40.5. The molecule has 6 nitrogen and oxygen atoms in total. The van der Waals surface area contributed by atoms with Gasteiger partial charge in [0.25, 0.3) is 0 Å². The number of nitrogens with one attached hydrogen (secondary N) is 1. The molecule has 3 aromatic rings. The molecule has 9 heteroatoms. The zero-order valence-corrected chi connectivity index (χ0v) is 18.3. The van der Waals surface area contributed by atoms with Gasteiger partial charge >= 0.3 is 0 Å². The second kappa shape index (κ2) is 9.25. The van der Waals surface area contributed by atoms with E-state index in [1.807, 2.05) is 35.7 Å². The summed E-state index contributed by atoms with van der Waals surface area (Å²) in [7, 11) is -3.94. The maximum Gasteiger partial charge on any atom is 0.243 e. The molecule has 1 amide bonds. The van der Waals surface area contributed by atoms with Crippen LogP contribution in [0.5, 0.6) is 0 Å². The molecule has 0 spiro atoms. The topological polar surface area (TPSA) is 79.4 Å². The molecule has 0 bridgehead atoms. The minimum absolute atomic E-state index is 0.136. The number of amides is 1. The van der Waals surface area contributed by atoms with Crippen molar-refractivity contribution in [3.8, 4) is 10.6 Å². The van der Waals surface area contributed by atoms with Gasteiger partial charge in [0.1, 0.15) is 16.9 Å². The first-order valence-corrected chi connectivity index (χ1v) is 12.3. The molecule has 1 aromatic heterocycles. The van der Waals surface area contributed by atoms with Crippen LogP contribution in [0.2, 0.25) is 0 Å². The Kier molecular flexibility index (Phi) is 6.45. The van der Waals surface area contributed by atoms with Crippen molar-refractivity contribution in [2.24, 2.45) is 0 Å². The Balaban J connectivity index is 1.37. The van der Waals surface area contributed by atoms with E-state index >= 15 is 0 Å². The molecule has 2 heterocycles. The summed E-state index contributed by atoms with van der Waals surface area (Å²) in [5, 5.41) is 5.72. The van der Waals surface area contributed by atoms with Crippen molar-refractivity contribution in [3.05, 3.63) is 71.5 Å². The van der Waals surface area contributed by atoms with E-state index in [9.17, 15) is 17.6 Å². The summed E-state index contributed by atoms with van der Waals surface area (Å²) in [6.07, 6.45) is 1.58. The third-order valence-corrected chi connectivity index (χ3v) is 8.01. The Hall–Kier alpha value is -2.62. The first kappa shape index (κ1) is 21.6. The van der Waals surface area contributed by atoms with Crippen molar-refractivity contribution in [3.63, 3.8) is 0 Å². The molecule has 1 aliphatic rings. The maximum absolute atomic E-state index is 13.5. The first-order chi connectivity index (χ1) is 14.9. The average Bonchev–Trinajstić information content (AvgIpc) is 3.45. The number of halogens is 1. The van der Waals surface area contributed by atoms with Gasteiger partial charge in [0.15, 0.2) is 0 Å². The quantitative estimate of drug-likeness (QED) is 0.587. The molecule has 0 saturated carbocycles. The molecule has 1 N–H and O–H groups in total. The van der Waals surface area contributed by atoms with Crippen LogP contribution in [-0.2, 0) is 21.2 Å². The summed E-state index contributed by atoms with van der Waals surface area (Å²) in [5.41, 5.74) is 1.92. The fraction of sp³-hybridized carbons (Fsp3) is 0.273. The summed E-state index contributed by atoms with van der Waals surface area (Å²) in [4.78, 5) is 17.2. The highest BCUT2D eigenvalue weighted by molar-refractivity contribution is 7.89. The van der Waals surface area contributed by atoms with E-state index in [1.165, 1.54) is 22.5 Å². The molecular weight excluding hydrogens is 437 g/mol. The molecule has 0 unspecified atom stereocenters. The van der Waals surface area contributed by atoms with Crippen LogP contribution in [0, 0.1) is 5.82 Å². The van der Waals surface area contributed by atoms with Gasteiger partial charge in [0, 0.05) is 30.5 Å². The minimum atomic E-state index is -3.94. The number of rotatable bonds is 7. The van der Waals surface area contributed by atoms with Gasteiger partial charge in [0.05, 0.1) is 10.6 Å². The lowest BCUT2D eigenvalue weighted by atomic mass is 10.2. The van der Waals surface area contributed by atoms with Crippen molar-refractivity contribution in [1.82, 2.24) is 14.6 Å². The number of carbonyl (C=O) groups excluding carboxylic acids is 1. The highest BCUT2D eigenvalue weighted by atomic mass is 32.2. The number of hydrogen-bond acceptors (Lipinski definition) is 5. The van der Waals surface area contributed by atoms with Gasteiger partial charge in [-0.05, 0) is 31.0 Å². The minimum Gasteiger partial charge on any atom is -0.354 e. The monoisotopic (exact) mass is 459 g/mol. The predicted octanol–water partition coefficient (Wildman–Crippen LogP) is 3.46. The lowest BCUT2D eigenvalue weighted by molar-refractivity contribution is -0.124. The largest absolute Gasteiger partial charge is 0.354 e. The van der Waals surface area contributed by atoms with Crippen molar-refractivity contribution in [2.75, 3.05) is 13.1 Å². The van der Waals surface area contributed by atoms with Gasteiger partial charge in [-0.15, -0.1) is 11.3 Å². The molecule has 0 aliphatic carbocycles. The van der Waals surface area contributed by atoms with Crippen LogP contribution < -0.4 is 5.32 Å². The molecule has 1 atom stereocenters. The Morgan fingerprint density at radius 3 is 2.77 bits per heavy atom. The summed E-state index contributed by atoms with van der Waals surface area (Å²) >= 11 is 1.55. The van der Waals surface area contributed by atoms with E-state index in [1.54, 1.807) is 11.3 Å². The van der Waals surface area contributed by atoms with Gasteiger partial charge in [-0.1, -0.05) is 36.4 Å². The molecule has 2 aromatic carbocycles. The van der Waals surface area contributed by atoms with Crippen LogP contribution in [-0.4, -0.2) is 42.7 Å². The summed E-state index contributed by atoms with van der Waals surface area (Å²) in [6.45, 7) is 0.602. The van der Waals surface area contributed by atoms with Gasteiger partial charge in [-0.25, -0.2) is 17.8 Å². The molecule has 1 saturated heterocycles. The van der Waals surface area contributed by atoms with Gasteiger partial charge in [-0.3, -0.25) is 4.79 Å². The molecule has 1 aliphatic heterocycles. The van der Waals surface area contributed by atoms with E-state index in [4.69, 9.17) is 0 Å². The second-order valence-corrected chi connectivity index (χ2v) is 10.0. The fourth-order valence-electron chi connectivity index (χ4n) is 3.62. The number of benzene rings is 2. The van der Waals surface area contributed by atoms with Gasteiger partial charge in [-0.2, -0.15) is 4.31 Å². The predicted molar refractivity (Wildman–Crippen MR) is 118 cm³/mol. The van der Waals surface area contributed by atoms with Crippen molar-refractivity contribution >= 4 is 27.3 Å². The fourth-order valence-corrected chi connectivity index (χ4v) is 6.17. The Morgan fingerprint density at radius 2 is 2.00 bits per heavy atom. The van der Waals surface area contributed by atoms with Crippen LogP contribution in [0.3, 0.4) is 0 Å². The van der Waals surface area contributed by atoms with E-state index in [2.05, 4.69) is 10.3 Å². The average molecular weight is 460 g/mol. The molecule has 4 rings (SSSR count). The second-order valence-electron chi connectivity index (χ2n) is 7.28. The Morgan fingerprint density at radius 1 is 1.19 bits per heavy atom. The van der Waals surface area contributed by atoms with Crippen LogP contribution in [0.25, 0.3) is 10.6 Å². The molecule has 162 valence electrons. The lowest BCUT2D eigenvalue weighted by Gasteiger charge is -2.23. The zero-order valence-electron chi connectivity index (χ0n) is 16.7. The summed E-state index contributed by atoms with van der Waals surface area (Å²) in [5.74, 6) is -0.963. The van der Waals surface area contributed by atoms with Crippen LogP contribution in [0.4, 0.5) is 4.39 Å². The summed E-state index contributed by atoms with van der Waals surface area (Å²) in [6, 6.07) is 13.9. The molecule has 1 fully saturated rings. The van der Waals surface area contributed by atoms with Crippen molar-refractivity contribution in [2.45, 2.75) is 30.2 Å². The van der Waals surface area contributed by atoms with Crippen molar-refractivity contribution in [1.29, 1.82) is 0 Å². The van der Waals surface area contributed by atoms with E-state index in [-0.39, 0.29) is 17.3 Å².